The second-order valence-electron chi connectivity index (χ2n) is 7.24. The molecule has 2 aromatic rings. The van der Waals surface area contributed by atoms with Gasteiger partial charge in [0.05, 0.1) is 8.07 Å². The number of carbonyl (C=O) groups is 1. The lowest BCUT2D eigenvalue weighted by atomic mass is 10.2. The summed E-state index contributed by atoms with van der Waals surface area (Å²) in [7, 11) is -1.77. The second kappa shape index (κ2) is 6.09. The number of rotatable bonds is 3. The Bertz CT molecular complexity index is 657. The Kier molecular flexibility index (Phi) is 4.57. The molecule has 2 rings (SSSR count). The Morgan fingerprint density at radius 2 is 1.45 bits per heavy atom. The van der Waals surface area contributed by atoms with Crippen molar-refractivity contribution in [2.24, 2.45) is 0 Å². The van der Waals surface area contributed by atoms with E-state index in [9.17, 15) is 4.79 Å². The molecule has 0 aliphatic heterocycles. The van der Waals surface area contributed by atoms with E-state index in [0.29, 0.717) is 0 Å². The highest BCUT2D eigenvalue weighted by atomic mass is 28.3. The maximum atomic E-state index is 12.7. The second-order valence-corrected chi connectivity index (χ2v) is 12.5. The normalized spacial score (nSPS) is 12.0. The zero-order valence-corrected chi connectivity index (χ0v) is 15.1. The highest BCUT2D eigenvalue weighted by Gasteiger charge is 2.39. The van der Waals surface area contributed by atoms with Gasteiger partial charge in [0.25, 0.3) is 5.91 Å². The molecule has 0 fully saturated rings. The van der Waals surface area contributed by atoms with E-state index in [1.54, 1.807) is 0 Å². The third-order valence-corrected chi connectivity index (χ3v) is 10.3. The first-order chi connectivity index (χ1) is 10.2. The molecule has 0 aromatic heterocycles. The van der Waals surface area contributed by atoms with E-state index in [0.717, 1.165) is 11.3 Å². The SMILES string of the molecule is CC(C)(C)[Si](C)(C)c1ccccc1C(=O)Nc1ccccc1. The van der Waals surface area contributed by atoms with Gasteiger partial charge in [-0.1, -0.05) is 70.3 Å². The molecule has 0 aliphatic carbocycles. The number of amides is 1. The molecule has 116 valence electrons. The molecule has 0 heterocycles. The summed E-state index contributed by atoms with van der Waals surface area (Å²) in [4.78, 5) is 12.7. The summed E-state index contributed by atoms with van der Waals surface area (Å²) >= 11 is 0. The van der Waals surface area contributed by atoms with E-state index in [1.807, 2.05) is 48.5 Å². The predicted molar refractivity (Wildman–Crippen MR) is 97.7 cm³/mol. The molecule has 0 unspecified atom stereocenters. The number of hydrogen-bond donors (Lipinski definition) is 1. The van der Waals surface area contributed by atoms with E-state index >= 15 is 0 Å². The first-order valence-corrected chi connectivity index (χ1v) is 10.7. The van der Waals surface area contributed by atoms with Gasteiger partial charge in [-0.05, 0) is 28.4 Å². The third-order valence-electron chi connectivity index (χ3n) is 4.75. The van der Waals surface area contributed by atoms with Crippen molar-refractivity contribution in [1.29, 1.82) is 0 Å². The van der Waals surface area contributed by atoms with Gasteiger partial charge in [0.15, 0.2) is 0 Å². The molecule has 3 heteroatoms. The number of para-hydroxylation sites is 1. The Morgan fingerprint density at radius 1 is 0.909 bits per heavy atom. The monoisotopic (exact) mass is 311 g/mol. The topological polar surface area (TPSA) is 29.1 Å². The van der Waals surface area contributed by atoms with Crippen molar-refractivity contribution in [2.45, 2.75) is 38.9 Å². The maximum absolute atomic E-state index is 12.7. The van der Waals surface area contributed by atoms with Crippen LogP contribution in [-0.2, 0) is 0 Å². The van der Waals surface area contributed by atoms with Gasteiger partial charge >= 0.3 is 0 Å². The van der Waals surface area contributed by atoms with Crippen molar-refractivity contribution in [3.8, 4) is 0 Å². The molecule has 0 atom stereocenters. The first kappa shape index (κ1) is 16.5. The van der Waals surface area contributed by atoms with E-state index in [4.69, 9.17) is 0 Å². The minimum Gasteiger partial charge on any atom is -0.322 e. The minimum absolute atomic E-state index is 0.0216. The van der Waals surface area contributed by atoms with Crippen LogP contribution in [0.15, 0.2) is 54.6 Å². The molecule has 0 radical (unpaired) electrons. The molecule has 0 saturated carbocycles. The minimum atomic E-state index is -1.77. The smallest absolute Gasteiger partial charge is 0.255 e. The van der Waals surface area contributed by atoms with Crippen molar-refractivity contribution in [3.05, 3.63) is 60.2 Å². The van der Waals surface area contributed by atoms with Crippen LogP contribution in [0, 0.1) is 0 Å². The largest absolute Gasteiger partial charge is 0.322 e. The van der Waals surface area contributed by atoms with Crippen LogP contribution in [0.2, 0.25) is 18.1 Å². The van der Waals surface area contributed by atoms with Crippen molar-refractivity contribution in [1.82, 2.24) is 0 Å². The fraction of sp³-hybridized carbons (Fsp3) is 0.316. The highest BCUT2D eigenvalue weighted by molar-refractivity contribution is 6.92. The Morgan fingerprint density at radius 3 is 2.05 bits per heavy atom. The van der Waals surface area contributed by atoms with Gasteiger partial charge in [0.2, 0.25) is 0 Å². The average Bonchev–Trinajstić information content (AvgIpc) is 2.47. The van der Waals surface area contributed by atoms with Crippen LogP contribution < -0.4 is 10.5 Å². The van der Waals surface area contributed by atoms with Gasteiger partial charge < -0.3 is 5.32 Å². The van der Waals surface area contributed by atoms with Crippen LogP contribution in [-0.4, -0.2) is 14.0 Å². The van der Waals surface area contributed by atoms with E-state index in [2.05, 4.69) is 45.2 Å². The van der Waals surface area contributed by atoms with Crippen molar-refractivity contribution in [2.75, 3.05) is 5.32 Å². The van der Waals surface area contributed by atoms with Crippen LogP contribution in [0.1, 0.15) is 31.1 Å². The molecule has 0 spiro atoms. The van der Waals surface area contributed by atoms with Gasteiger partial charge in [0, 0.05) is 11.3 Å². The first-order valence-electron chi connectivity index (χ1n) is 7.69. The zero-order valence-electron chi connectivity index (χ0n) is 14.1. The van der Waals surface area contributed by atoms with Crippen LogP contribution in [0.5, 0.6) is 0 Å². The molecular weight excluding hydrogens is 286 g/mol. The molecule has 2 nitrogen and oxygen atoms in total. The summed E-state index contributed by atoms with van der Waals surface area (Å²) in [5, 5.41) is 4.41. The van der Waals surface area contributed by atoms with Crippen LogP contribution in [0.3, 0.4) is 0 Å². The highest BCUT2D eigenvalue weighted by Crippen LogP contribution is 2.36. The summed E-state index contributed by atoms with van der Waals surface area (Å²) in [6.45, 7) is 11.5. The summed E-state index contributed by atoms with van der Waals surface area (Å²) in [5.41, 5.74) is 1.63. The fourth-order valence-corrected chi connectivity index (χ4v) is 4.54. The number of nitrogens with one attached hydrogen (secondary N) is 1. The standard InChI is InChI=1S/C19H25NOSi/c1-19(2,3)22(4,5)17-14-10-9-13-16(17)18(21)20-15-11-7-6-8-12-15/h6-14H,1-5H3,(H,20,21). The molecule has 0 bridgehead atoms. The number of carbonyl (C=O) groups excluding carboxylic acids is 1. The Hall–Kier alpha value is -1.87. The van der Waals surface area contributed by atoms with Gasteiger partial charge in [-0.25, -0.2) is 0 Å². The average molecular weight is 312 g/mol. The van der Waals surface area contributed by atoms with Crippen LogP contribution in [0.25, 0.3) is 0 Å². The van der Waals surface area contributed by atoms with Gasteiger partial charge in [-0.2, -0.15) is 0 Å². The summed E-state index contributed by atoms with van der Waals surface area (Å²) in [5.74, 6) is -0.0216. The lowest BCUT2D eigenvalue weighted by Gasteiger charge is -2.38. The summed E-state index contributed by atoms with van der Waals surface area (Å²) < 4.78 is 0. The molecule has 1 N–H and O–H groups in total. The predicted octanol–water partition coefficient (Wildman–Crippen LogP) is 4.65. The van der Waals surface area contributed by atoms with E-state index in [-0.39, 0.29) is 10.9 Å². The molecule has 1 amide bonds. The molecule has 22 heavy (non-hydrogen) atoms. The Labute approximate surface area is 134 Å². The maximum Gasteiger partial charge on any atom is 0.255 e. The quantitative estimate of drug-likeness (QED) is 0.821. The molecular formula is C19H25NOSi. The third kappa shape index (κ3) is 3.30. The molecule has 0 saturated heterocycles. The van der Waals surface area contributed by atoms with Crippen LogP contribution >= 0.6 is 0 Å². The molecule has 0 aliphatic rings. The number of anilines is 1. The fourth-order valence-electron chi connectivity index (χ4n) is 2.35. The molecule has 2 aromatic carbocycles. The van der Waals surface area contributed by atoms with Crippen molar-refractivity contribution < 1.29 is 4.79 Å². The van der Waals surface area contributed by atoms with Crippen LogP contribution in [0.4, 0.5) is 5.69 Å². The number of hydrogen-bond acceptors (Lipinski definition) is 1. The Balaban J connectivity index is 2.39. The van der Waals surface area contributed by atoms with Crippen molar-refractivity contribution >= 4 is 24.9 Å². The summed E-state index contributed by atoms with van der Waals surface area (Å²) in [6, 6.07) is 17.7. The van der Waals surface area contributed by atoms with Crippen molar-refractivity contribution in [3.63, 3.8) is 0 Å². The zero-order chi connectivity index (χ0) is 16.4. The number of benzene rings is 2. The lowest BCUT2D eigenvalue weighted by molar-refractivity contribution is 0.102. The van der Waals surface area contributed by atoms with E-state index < -0.39 is 8.07 Å². The van der Waals surface area contributed by atoms with Gasteiger partial charge in [-0.3, -0.25) is 4.79 Å². The lowest BCUT2D eigenvalue weighted by Crippen LogP contribution is -2.51. The van der Waals surface area contributed by atoms with Gasteiger partial charge in [0.1, 0.15) is 0 Å². The van der Waals surface area contributed by atoms with E-state index in [1.165, 1.54) is 5.19 Å². The summed E-state index contributed by atoms with van der Waals surface area (Å²) in [6.07, 6.45) is 0. The van der Waals surface area contributed by atoms with Gasteiger partial charge in [-0.15, -0.1) is 0 Å².